The van der Waals surface area contributed by atoms with E-state index in [-0.39, 0.29) is 34.7 Å². The summed E-state index contributed by atoms with van der Waals surface area (Å²) in [5.41, 5.74) is 15.7. The van der Waals surface area contributed by atoms with Crippen LogP contribution in [-0.2, 0) is 41.9 Å². The summed E-state index contributed by atoms with van der Waals surface area (Å²) in [7, 11) is 13.6. The lowest BCUT2D eigenvalue weighted by Crippen LogP contribution is -2.29. The molecule has 0 aromatic heterocycles. The van der Waals surface area contributed by atoms with Crippen molar-refractivity contribution in [2.24, 2.45) is 11.5 Å². The monoisotopic (exact) mass is 1070 g/mol. The largest absolute Gasteiger partial charge is 0.330 e. The summed E-state index contributed by atoms with van der Waals surface area (Å²) in [5.74, 6) is 1.55. The molecule has 0 fully saturated rings. The average Bonchev–Trinajstić information content (AvgIpc) is 3.36. The highest BCUT2D eigenvalue weighted by atomic mass is 16.1. The Labute approximate surface area is 470 Å². The zero-order valence-electron chi connectivity index (χ0n) is 49.9. The van der Waals surface area contributed by atoms with Gasteiger partial charge in [0.15, 0.2) is 0 Å². The summed E-state index contributed by atoms with van der Waals surface area (Å²) in [6.07, 6.45) is 3.09. The highest BCUT2D eigenvalue weighted by Crippen LogP contribution is 2.25. The van der Waals surface area contributed by atoms with E-state index in [0.29, 0.717) is 51.7 Å². The van der Waals surface area contributed by atoms with E-state index in [9.17, 15) is 28.8 Å². The molecule has 14 heteroatoms. The summed E-state index contributed by atoms with van der Waals surface area (Å²) < 4.78 is 0. The number of nitrogens with two attached hydrogens (primary N) is 2. The summed E-state index contributed by atoms with van der Waals surface area (Å²) in [5, 5.41) is 2.52. The molecule has 0 saturated heterocycles. The van der Waals surface area contributed by atoms with Crippen LogP contribution in [0.4, 0.5) is 0 Å². The van der Waals surface area contributed by atoms with Crippen LogP contribution in [0.15, 0.2) is 133 Å². The Morgan fingerprint density at radius 3 is 1.18 bits per heavy atom. The van der Waals surface area contributed by atoms with Crippen LogP contribution in [0.5, 0.6) is 0 Å². The number of hydrogen-bond acceptors (Lipinski definition) is 14. The molecule has 5 aromatic carbocycles. The first-order valence-corrected chi connectivity index (χ1v) is 27.0. The molecule has 0 saturated carbocycles. The van der Waals surface area contributed by atoms with Gasteiger partial charge >= 0.3 is 0 Å². The first kappa shape index (κ1) is 72.1. The van der Waals surface area contributed by atoms with E-state index >= 15 is 0 Å². The van der Waals surface area contributed by atoms with Crippen LogP contribution in [0.3, 0.4) is 0 Å². The molecule has 0 aliphatic heterocycles. The van der Waals surface area contributed by atoms with Crippen molar-refractivity contribution in [3.63, 3.8) is 0 Å². The summed E-state index contributed by atoms with van der Waals surface area (Å²) >= 11 is 0. The molecule has 0 aliphatic carbocycles. The minimum absolute atomic E-state index is 0.201. The van der Waals surface area contributed by atoms with Crippen LogP contribution in [0.25, 0.3) is 10.8 Å². The molecule has 5 rings (SSSR count). The predicted molar refractivity (Wildman–Crippen MR) is 325 cm³/mol. The summed E-state index contributed by atoms with van der Waals surface area (Å²) in [6, 6.07) is 45.7. The second kappa shape index (κ2) is 44.0. The third-order valence-electron chi connectivity index (χ3n) is 11.3. The Morgan fingerprint density at radius 2 is 0.756 bits per heavy atom. The quantitative estimate of drug-likeness (QED) is 0.0483. The summed E-state index contributed by atoms with van der Waals surface area (Å²) in [6.45, 7) is 18.6. The number of carbonyl (C=O) groups is 6. The zero-order valence-corrected chi connectivity index (χ0v) is 49.9. The van der Waals surface area contributed by atoms with Crippen LogP contribution in [0, 0.1) is 0 Å². The zero-order chi connectivity index (χ0) is 58.8. The van der Waals surface area contributed by atoms with E-state index in [4.69, 9.17) is 11.5 Å². The highest BCUT2D eigenvalue weighted by Gasteiger charge is 2.17. The van der Waals surface area contributed by atoms with Crippen LogP contribution >= 0.6 is 0 Å². The van der Waals surface area contributed by atoms with E-state index < -0.39 is 0 Å². The maximum Gasteiger partial charge on any atom is 0.143 e. The summed E-state index contributed by atoms with van der Waals surface area (Å²) in [4.78, 5) is 76.5. The maximum absolute atomic E-state index is 11.3. The van der Waals surface area contributed by atoms with Crippen molar-refractivity contribution >= 4 is 45.5 Å². The minimum atomic E-state index is 0.201. The standard InChI is InChI=1S/C18H21NO.C15H17NO.C11H15NO.C8H18N2O.C7H16N2O.C5H11NO/c1-15(20)13-19(2)14-18(16-9-5-3-6-10-16)17-11-7-4-8-12-17;1-12(17)10-16(2)11-14-8-5-7-13-6-3-4-9-15(13)14;1-10(13)8-12(2)9-11-6-4-3-5-7-11;1-8(11)7-10(2)6-4-3-5-9;1-7(10)6-9(2)5-3-4-8;1-5(7)4-6(2)3/h3-12,18H,13-14H2,1-2H3;3-9H,10-11H2,1-2H3;3-7H,8-9H2,1-2H3;3-7,9H2,1-2H3;3-6,8H2,1-2H3;4H2,1-3H3. The highest BCUT2D eigenvalue weighted by molar-refractivity contribution is 5.86. The molecule has 0 bridgehead atoms. The van der Waals surface area contributed by atoms with Gasteiger partial charge in [0.2, 0.25) is 0 Å². The van der Waals surface area contributed by atoms with Crippen LogP contribution in [-0.4, -0.2) is 185 Å². The van der Waals surface area contributed by atoms with E-state index in [1.807, 2.05) is 110 Å². The molecular weight excluding hydrogens is 977 g/mol. The van der Waals surface area contributed by atoms with Crippen LogP contribution < -0.4 is 11.5 Å². The lowest BCUT2D eigenvalue weighted by molar-refractivity contribution is -0.118. The lowest BCUT2D eigenvalue weighted by Gasteiger charge is -2.24. The van der Waals surface area contributed by atoms with Gasteiger partial charge in [-0.25, -0.2) is 0 Å². The van der Waals surface area contributed by atoms with Gasteiger partial charge in [0, 0.05) is 25.6 Å². The Morgan fingerprint density at radius 1 is 0.385 bits per heavy atom. The number of benzene rings is 5. The minimum Gasteiger partial charge on any atom is -0.330 e. The Bertz CT molecular complexity index is 2360. The van der Waals surface area contributed by atoms with Gasteiger partial charge in [-0.2, -0.15) is 0 Å². The molecular formula is C64H98N8O6. The molecule has 5 aromatic rings. The third-order valence-corrected chi connectivity index (χ3v) is 11.3. The number of ketones is 6. The molecule has 0 unspecified atom stereocenters. The van der Waals surface area contributed by atoms with Crippen LogP contribution in [0.1, 0.15) is 89.0 Å². The van der Waals surface area contributed by atoms with Crippen molar-refractivity contribution in [3.8, 4) is 0 Å². The Balaban J connectivity index is 0.000000942. The number of nitrogens with zero attached hydrogens (tertiary/aromatic N) is 6. The second-order valence-corrected chi connectivity index (χ2v) is 20.6. The van der Waals surface area contributed by atoms with E-state index in [1.165, 1.54) is 33.0 Å². The molecule has 14 nitrogen and oxygen atoms in total. The van der Waals surface area contributed by atoms with Gasteiger partial charge in [0.25, 0.3) is 0 Å². The number of unbranched alkanes of at least 4 members (excludes halogenated alkanes) is 1. The van der Waals surface area contributed by atoms with Gasteiger partial charge in [-0.05, 0) is 169 Å². The maximum atomic E-state index is 11.3. The molecule has 0 heterocycles. The van der Waals surface area contributed by atoms with Gasteiger partial charge in [0.05, 0.1) is 39.3 Å². The van der Waals surface area contributed by atoms with Crippen molar-refractivity contribution < 1.29 is 28.8 Å². The van der Waals surface area contributed by atoms with Crippen molar-refractivity contribution in [2.45, 2.75) is 79.8 Å². The fraction of sp³-hybridized carbons (Fsp3) is 0.469. The Hall–Kier alpha value is -5.94. The van der Waals surface area contributed by atoms with Gasteiger partial charge in [-0.1, -0.05) is 133 Å². The molecule has 4 N–H and O–H groups in total. The SMILES string of the molecule is CC(=O)CN(C)C.CC(=O)CN(C)CC(c1ccccc1)c1ccccc1.CC(=O)CN(C)CCCCN.CC(=O)CN(C)CCCN.CC(=O)CN(C)Cc1cccc2ccccc12.CC(=O)CN(C)Cc1ccccc1. The van der Waals surface area contributed by atoms with Gasteiger partial charge in [-0.3, -0.25) is 53.3 Å². The second-order valence-electron chi connectivity index (χ2n) is 20.6. The topological polar surface area (TPSA) is 174 Å². The number of rotatable bonds is 27. The van der Waals surface area contributed by atoms with Gasteiger partial charge in [-0.15, -0.1) is 0 Å². The molecule has 0 radical (unpaired) electrons. The fourth-order valence-electron chi connectivity index (χ4n) is 8.27. The van der Waals surface area contributed by atoms with Gasteiger partial charge in [0.1, 0.15) is 34.7 Å². The van der Waals surface area contributed by atoms with Crippen molar-refractivity contribution in [3.05, 3.63) is 156 Å². The molecule has 0 aliphatic rings. The van der Waals surface area contributed by atoms with Crippen molar-refractivity contribution in [2.75, 3.05) is 121 Å². The first-order chi connectivity index (χ1) is 37.0. The van der Waals surface area contributed by atoms with E-state index in [2.05, 4.69) is 102 Å². The number of likely N-dealkylation sites (N-methyl/N-ethyl adjacent to an activating group) is 6. The molecule has 78 heavy (non-hydrogen) atoms. The average molecular weight is 1080 g/mol. The fourth-order valence-corrected chi connectivity index (χ4v) is 8.27. The molecule has 0 amide bonds. The first-order valence-electron chi connectivity index (χ1n) is 27.0. The molecule has 430 valence electrons. The molecule has 0 atom stereocenters. The van der Waals surface area contributed by atoms with E-state index in [0.717, 1.165) is 58.5 Å². The number of Topliss-reactive ketones (excluding diaryl/α,β-unsaturated/α-hetero) is 6. The number of fused-ring (bicyclic) bond motifs is 1. The van der Waals surface area contributed by atoms with Crippen molar-refractivity contribution in [1.82, 2.24) is 29.4 Å². The third kappa shape index (κ3) is 39.4. The Kier molecular flexibility index (Phi) is 40.6. The predicted octanol–water partition coefficient (Wildman–Crippen LogP) is 8.15. The molecule has 0 spiro atoms. The van der Waals surface area contributed by atoms with Gasteiger partial charge < -0.3 is 16.4 Å². The lowest BCUT2D eigenvalue weighted by atomic mass is 9.91. The normalized spacial score (nSPS) is 10.6. The van der Waals surface area contributed by atoms with Crippen molar-refractivity contribution in [1.29, 1.82) is 0 Å². The van der Waals surface area contributed by atoms with Crippen LogP contribution in [0.2, 0.25) is 0 Å². The van der Waals surface area contributed by atoms with E-state index in [1.54, 1.807) is 41.5 Å². The number of hydrogen-bond donors (Lipinski definition) is 2. The smallest absolute Gasteiger partial charge is 0.143 e. The number of carbonyl (C=O) groups excluding carboxylic acids is 6.